The molecule has 0 unspecified atom stereocenters. The van der Waals surface area contributed by atoms with Gasteiger partial charge >= 0.3 is 0 Å². The van der Waals surface area contributed by atoms with Crippen LogP contribution in [0.1, 0.15) is 37.5 Å². The minimum atomic E-state index is -0.843. The first kappa shape index (κ1) is 16.8. The fourth-order valence-electron chi connectivity index (χ4n) is 2.39. The molecule has 2 atom stereocenters. The number of hydrogen-bond donors (Lipinski definition) is 1. The summed E-state index contributed by atoms with van der Waals surface area (Å²) in [4.78, 5) is 12.0. The SMILES string of the molecule is C[C@H](SCC(=O)N[C@](C)(C#N)C1CC1)c1c(F)cccc1F. The van der Waals surface area contributed by atoms with Gasteiger partial charge in [-0.05, 0) is 44.7 Å². The van der Waals surface area contributed by atoms with Gasteiger partial charge in [-0.3, -0.25) is 4.79 Å². The number of nitriles is 1. The summed E-state index contributed by atoms with van der Waals surface area (Å²) >= 11 is 1.15. The third kappa shape index (κ3) is 3.77. The summed E-state index contributed by atoms with van der Waals surface area (Å²) < 4.78 is 27.3. The highest BCUT2D eigenvalue weighted by molar-refractivity contribution is 8.00. The zero-order chi connectivity index (χ0) is 16.3. The number of nitrogens with zero attached hydrogens (tertiary/aromatic N) is 1. The predicted molar refractivity (Wildman–Crippen MR) is 82.1 cm³/mol. The molecule has 118 valence electrons. The van der Waals surface area contributed by atoms with Crippen molar-refractivity contribution in [2.75, 3.05) is 5.75 Å². The van der Waals surface area contributed by atoms with E-state index in [9.17, 15) is 18.8 Å². The van der Waals surface area contributed by atoms with Crippen molar-refractivity contribution in [3.05, 3.63) is 35.4 Å². The number of nitrogens with one attached hydrogen (secondary N) is 1. The number of rotatable bonds is 6. The minimum Gasteiger partial charge on any atom is -0.337 e. The van der Waals surface area contributed by atoms with Crippen LogP contribution in [-0.4, -0.2) is 17.2 Å². The van der Waals surface area contributed by atoms with Crippen molar-refractivity contribution in [3.8, 4) is 6.07 Å². The monoisotopic (exact) mass is 324 g/mol. The average Bonchev–Trinajstić information content (AvgIpc) is 3.30. The smallest absolute Gasteiger partial charge is 0.231 e. The highest BCUT2D eigenvalue weighted by Crippen LogP contribution is 2.39. The van der Waals surface area contributed by atoms with Gasteiger partial charge in [0.15, 0.2) is 0 Å². The maximum absolute atomic E-state index is 13.7. The van der Waals surface area contributed by atoms with Gasteiger partial charge in [0, 0.05) is 10.8 Å². The van der Waals surface area contributed by atoms with Crippen molar-refractivity contribution in [1.82, 2.24) is 5.32 Å². The fraction of sp³-hybridized carbons (Fsp3) is 0.500. The highest BCUT2D eigenvalue weighted by atomic mass is 32.2. The number of carbonyl (C=O) groups excluding carboxylic acids is 1. The van der Waals surface area contributed by atoms with E-state index in [-0.39, 0.29) is 23.1 Å². The number of carbonyl (C=O) groups is 1. The summed E-state index contributed by atoms with van der Waals surface area (Å²) in [5, 5.41) is 11.4. The molecule has 1 fully saturated rings. The topological polar surface area (TPSA) is 52.9 Å². The molecule has 0 spiro atoms. The van der Waals surface area contributed by atoms with Crippen molar-refractivity contribution in [2.45, 2.75) is 37.5 Å². The van der Waals surface area contributed by atoms with Crippen molar-refractivity contribution in [2.24, 2.45) is 5.92 Å². The summed E-state index contributed by atoms with van der Waals surface area (Å²) in [5.74, 6) is -1.25. The molecule has 1 N–H and O–H groups in total. The lowest BCUT2D eigenvalue weighted by Gasteiger charge is -2.23. The Morgan fingerprint density at radius 2 is 2.09 bits per heavy atom. The molecule has 1 aliphatic carbocycles. The van der Waals surface area contributed by atoms with Crippen LogP contribution in [0.25, 0.3) is 0 Å². The number of amides is 1. The Morgan fingerprint density at radius 3 is 2.59 bits per heavy atom. The molecule has 0 aliphatic heterocycles. The first-order valence-electron chi connectivity index (χ1n) is 7.15. The molecule has 0 aromatic heterocycles. The maximum atomic E-state index is 13.7. The largest absolute Gasteiger partial charge is 0.337 e. The molecule has 1 aromatic carbocycles. The Labute approximate surface area is 133 Å². The quantitative estimate of drug-likeness (QED) is 0.870. The zero-order valence-electron chi connectivity index (χ0n) is 12.5. The van der Waals surface area contributed by atoms with Gasteiger partial charge in [-0.2, -0.15) is 5.26 Å². The number of thioether (sulfide) groups is 1. The van der Waals surface area contributed by atoms with Gasteiger partial charge < -0.3 is 5.32 Å². The Kier molecular flexibility index (Phi) is 5.07. The van der Waals surface area contributed by atoms with Crippen LogP contribution in [0.5, 0.6) is 0 Å². The van der Waals surface area contributed by atoms with E-state index in [1.165, 1.54) is 18.2 Å². The summed E-state index contributed by atoms with van der Waals surface area (Å²) in [5.41, 5.74) is -0.866. The van der Waals surface area contributed by atoms with Crippen molar-refractivity contribution < 1.29 is 13.6 Å². The average molecular weight is 324 g/mol. The van der Waals surface area contributed by atoms with Crippen LogP contribution < -0.4 is 5.32 Å². The molecule has 2 rings (SSSR count). The van der Waals surface area contributed by atoms with Crippen molar-refractivity contribution in [1.29, 1.82) is 5.26 Å². The summed E-state index contributed by atoms with van der Waals surface area (Å²) in [6.45, 7) is 3.37. The van der Waals surface area contributed by atoms with Gasteiger partial charge in [0.2, 0.25) is 5.91 Å². The first-order chi connectivity index (χ1) is 10.4. The lowest BCUT2D eigenvalue weighted by Crippen LogP contribution is -2.47. The molecular formula is C16H18F2N2OS. The van der Waals surface area contributed by atoms with E-state index in [4.69, 9.17) is 0 Å². The second kappa shape index (κ2) is 6.66. The molecule has 0 saturated heterocycles. The lowest BCUT2D eigenvalue weighted by atomic mass is 9.98. The van der Waals surface area contributed by atoms with Crippen LogP contribution >= 0.6 is 11.8 Å². The van der Waals surface area contributed by atoms with Gasteiger partial charge in [0.25, 0.3) is 0 Å². The Bertz CT molecular complexity index is 592. The summed E-state index contributed by atoms with van der Waals surface area (Å²) in [6, 6.07) is 5.87. The molecular weight excluding hydrogens is 306 g/mol. The molecule has 1 aromatic rings. The van der Waals surface area contributed by atoms with E-state index in [0.29, 0.717) is 0 Å². The van der Waals surface area contributed by atoms with Crippen LogP contribution in [0, 0.1) is 28.9 Å². The van der Waals surface area contributed by atoms with E-state index >= 15 is 0 Å². The fourth-order valence-corrected chi connectivity index (χ4v) is 3.26. The molecule has 22 heavy (non-hydrogen) atoms. The molecule has 1 aliphatic rings. The van der Waals surface area contributed by atoms with E-state index in [2.05, 4.69) is 11.4 Å². The van der Waals surface area contributed by atoms with Gasteiger partial charge in [-0.25, -0.2) is 8.78 Å². The van der Waals surface area contributed by atoms with Gasteiger partial charge in [-0.1, -0.05) is 6.07 Å². The Balaban J connectivity index is 1.92. The van der Waals surface area contributed by atoms with Crippen molar-refractivity contribution >= 4 is 17.7 Å². The molecule has 6 heteroatoms. The molecule has 0 radical (unpaired) electrons. The number of hydrogen-bond acceptors (Lipinski definition) is 3. The van der Waals surface area contributed by atoms with E-state index < -0.39 is 22.4 Å². The van der Waals surface area contributed by atoms with Crippen LogP contribution in [-0.2, 0) is 4.79 Å². The maximum Gasteiger partial charge on any atom is 0.231 e. The van der Waals surface area contributed by atoms with E-state index in [1.807, 2.05) is 0 Å². The molecule has 0 heterocycles. The highest BCUT2D eigenvalue weighted by Gasteiger charge is 2.42. The van der Waals surface area contributed by atoms with Crippen LogP contribution in [0.3, 0.4) is 0 Å². The standard InChI is InChI=1S/C16H18F2N2OS/c1-10(15-12(17)4-3-5-13(15)18)22-8-14(21)20-16(2,9-19)11-6-7-11/h3-5,10-11H,6-8H2,1-2H3,(H,20,21)/t10-,16+/m0/s1. The summed E-state index contributed by atoms with van der Waals surface area (Å²) in [7, 11) is 0. The van der Waals surface area contributed by atoms with Crippen molar-refractivity contribution in [3.63, 3.8) is 0 Å². The number of halogens is 2. The Hall–Kier alpha value is -1.61. The van der Waals surface area contributed by atoms with Crippen LogP contribution in [0.2, 0.25) is 0 Å². The van der Waals surface area contributed by atoms with E-state index in [1.54, 1.807) is 13.8 Å². The first-order valence-corrected chi connectivity index (χ1v) is 8.20. The summed E-state index contributed by atoms with van der Waals surface area (Å²) in [6.07, 6.45) is 1.88. The third-order valence-electron chi connectivity index (χ3n) is 3.90. The van der Waals surface area contributed by atoms with E-state index in [0.717, 1.165) is 24.6 Å². The Morgan fingerprint density at radius 1 is 1.50 bits per heavy atom. The van der Waals surface area contributed by atoms with Gasteiger partial charge in [-0.15, -0.1) is 11.8 Å². The minimum absolute atomic E-state index is 0.0227. The molecule has 1 amide bonds. The lowest BCUT2D eigenvalue weighted by molar-refractivity contribution is -0.119. The third-order valence-corrected chi connectivity index (χ3v) is 5.06. The van der Waals surface area contributed by atoms with Gasteiger partial charge in [0.1, 0.15) is 17.2 Å². The number of benzene rings is 1. The predicted octanol–water partition coefficient (Wildman–Crippen LogP) is 3.57. The zero-order valence-corrected chi connectivity index (χ0v) is 13.3. The normalized spacial score (nSPS) is 18.1. The molecule has 3 nitrogen and oxygen atoms in total. The molecule has 0 bridgehead atoms. The van der Waals surface area contributed by atoms with Crippen LogP contribution in [0.15, 0.2) is 18.2 Å². The second-order valence-electron chi connectivity index (χ2n) is 5.73. The van der Waals surface area contributed by atoms with Gasteiger partial charge in [0.05, 0.1) is 11.8 Å². The molecule has 1 saturated carbocycles. The second-order valence-corrected chi connectivity index (χ2v) is 7.05. The van der Waals surface area contributed by atoms with Crippen LogP contribution in [0.4, 0.5) is 8.78 Å².